The molecule has 0 aliphatic carbocycles. The second-order valence-corrected chi connectivity index (χ2v) is 9.09. The molecular formula is C22H27N3O4S2. The maximum absolute atomic E-state index is 12.7. The molecule has 31 heavy (non-hydrogen) atoms. The van der Waals surface area contributed by atoms with E-state index >= 15 is 0 Å². The summed E-state index contributed by atoms with van der Waals surface area (Å²) in [6.07, 6.45) is 2.41. The van der Waals surface area contributed by atoms with Crippen molar-refractivity contribution >= 4 is 52.3 Å². The molecule has 1 aromatic carbocycles. The van der Waals surface area contributed by atoms with Crippen molar-refractivity contribution in [3.8, 4) is 0 Å². The highest BCUT2D eigenvalue weighted by molar-refractivity contribution is 8.26. The molecule has 7 nitrogen and oxygen atoms in total. The van der Waals surface area contributed by atoms with Gasteiger partial charge in [-0.15, -0.1) is 0 Å². The molecule has 3 amide bonds. The highest BCUT2D eigenvalue weighted by Crippen LogP contribution is 2.32. The molecule has 9 heteroatoms. The van der Waals surface area contributed by atoms with Crippen LogP contribution in [-0.4, -0.2) is 76.3 Å². The zero-order valence-corrected chi connectivity index (χ0v) is 19.5. The van der Waals surface area contributed by atoms with Crippen LogP contribution in [0.3, 0.4) is 0 Å². The molecular weight excluding hydrogens is 434 g/mol. The topological polar surface area (TPSA) is 70.2 Å². The van der Waals surface area contributed by atoms with Crippen LogP contribution >= 0.6 is 24.0 Å². The minimum absolute atomic E-state index is 0.0316. The highest BCUT2D eigenvalue weighted by Gasteiger charge is 2.32. The Morgan fingerprint density at radius 1 is 1.13 bits per heavy atom. The summed E-state index contributed by atoms with van der Waals surface area (Å²) in [5, 5.41) is 0. The van der Waals surface area contributed by atoms with Gasteiger partial charge in [-0.25, -0.2) is 4.79 Å². The van der Waals surface area contributed by atoms with E-state index in [0.717, 1.165) is 11.1 Å². The van der Waals surface area contributed by atoms with Crippen LogP contribution in [0.1, 0.15) is 30.9 Å². The molecule has 0 saturated carbocycles. The number of nitrogens with zero attached hydrogens (tertiary/aromatic N) is 3. The van der Waals surface area contributed by atoms with Gasteiger partial charge in [-0.3, -0.25) is 14.5 Å². The number of aryl methyl sites for hydroxylation is 1. The second kappa shape index (κ2) is 10.8. The van der Waals surface area contributed by atoms with Gasteiger partial charge >= 0.3 is 6.09 Å². The zero-order chi connectivity index (χ0) is 22.4. The number of amides is 3. The van der Waals surface area contributed by atoms with Crippen LogP contribution in [0.25, 0.3) is 6.08 Å². The summed E-state index contributed by atoms with van der Waals surface area (Å²) in [6, 6.07) is 7.96. The quantitative estimate of drug-likeness (QED) is 0.478. The van der Waals surface area contributed by atoms with E-state index in [9.17, 15) is 14.4 Å². The molecule has 1 aromatic rings. The summed E-state index contributed by atoms with van der Waals surface area (Å²) in [4.78, 5) is 42.5. The van der Waals surface area contributed by atoms with Gasteiger partial charge in [0.05, 0.1) is 11.5 Å². The molecule has 0 unspecified atom stereocenters. The van der Waals surface area contributed by atoms with E-state index in [1.54, 1.807) is 21.6 Å². The third-order valence-electron chi connectivity index (χ3n) is 5.18. The molecule has 2 saturated heterocycles. The van der Waals surface area contributed by atoms with Crippen molar-refractivity contribution in [3.05, 3.63) is 40.3 Å². The van der Waals surface area contributed by atoms with Crippen LogP contribution in [0.15, 0.2) is 29.2 Å². The number of ether oxygens (including phenoxy) is 1. The van der Waals surface area contributed by atoms with Gasteiger partial charge in [0.15, 0.2) is 0 Å². The zero-order valence-electron chi connectivity index (χ0n) is 17.8. The molecule has 0 spiro atoms. The summed E-state index contributed by atoms with van der Waals surface area (Å²) in [5.41, 5.74) is 2.12. The fourth-order valence-corrected chi connectivity index (χ4v) is 4.72. The van der Waals surface area contributed by atoms with Gasteiger partial charge in [0.25, 0.3) is 5.91 Å². The van der Waals surface area contributed by atoms with E-state index in [4.69, 9.17) is 17.0 Å². The first kappa shape index (κ1) is 23.3. The molecule has 0 aromatic heterocycles. The Hall–Kier alpha value is -2.39. The average Bonchev–Trinajstić information content (AvgIpc) is 3.03. The third kappa shape index (κ3) is 6.07. The lowest BCUT2D eigenvalue weighted by Crippen LogP contribution is -2.50. The van der Waals surface area contributed by atoms with Crippen molar-refractivity contribution in [1.82, 2.24) is 14.7 Å². The van der Waals surface area contributed by atoms with Gasteiger partial charge < -0.3 is 14.5 Å². The van der Waals surface area contributed by atoms with Gasteiger partial charge in [0.1, 0.15) is 4.32 Å². The molecule has 2 aliphatic heterocycles. The lowest BCUT2D eigenvalue weighted by Gasteiger charge is -2.34. The van der Waals surface area contributed by atoms with Crippen LogP contribution in [0, 0.1) is 6.92 Å². The summed E-state index contributed by atoms with van der Waals surface area (Å²) in [5.74, 6) is -0.0739. The predicted molar refractivity (Wildman–Crippen MR) is 125 cm³/mol. The largest absolute Gasteiger partial charge is 0.450 e. The first-order valence-corrected chi connectivity index (χ1v) is 11.6. The lowest BCUT2D eigenvalue weighted by molar-refractivity contribution is -0.133. The fraction of sp³-hybridized carbons (Fsp3) is 0.455. The maximum atomic E-state index is 12.7. The van der Waals surface area contributed by atoms with Gasteiger partial charge in [0.2, 0.25) is 5.91 Å². The molecule has 2 fully saturated rings. The van der Waals surface area contributed by atoms with Crippen molar-refractivity contribution < 1.29 is 19.1 Å². The van der Waals surface area contributed by atoms with Gasteiger partial charge in [-0.05, 0) is 31.9 Å². The molecule has 0 bridgehead atoms. The van der Waals surface area contributed by atoms with Crippen molar-refractivity contribution in [1.29, 1.82) is 0 Å². The number of carbonyl (C=O) groups is 3. The average molecular weight is 462 g/mol. The van der Waals surface area contributed by atoms with Gasteiger partial charge in [0, 0.05) is 39.1 Å². The third-order valence-corrected chi connectivity index (χ3v) is 6.56. The Morgan fingerprint density at radius 2 is 1.77 bits per heavy atom. The van der Waals surface area contributed by atoms with Crippen molar-refractivity contribution in [2.45, 2.75) is 26.7 Å². The number of hydrogen-bond acceptors (Lipinski definition) is 6. The van der Waals surface area contributed by atoms with Crippen LogP contribution < -0.4 is 0 Å². The van der Waals surface area contributed by atoms with E-state index in [-0.39, 0.29) is 17.9 Å². The fourth-order valence-electron chi connectivity index (χ4n) is 3.41. The predicted octanol–water partition coefficient (Wildman–Crippen LogP) is 3.28. The SMILES string of the molecule is CCOC(=O)N1CCN(C(=O)CCCN2C(=O)/C(=C\c3ccc(C)cc3)SC2=S)CC1. The minimum atomic E-state index is -0.331. The van der Waals surface area contributed by atoms with Crippen molar-refractivity contribution in [2.24, 2.45) is 0 Å². The molecule has 0 N–H and O–H groups in total. The molecule has 166 valence electrons. The van der Waals surface area contributed by atoms with Crippen LogP contribution in [0.2, 0.25) is 0 Å². The Balaban J connectivity index is 1.45. The maximum Gasteiger partial charge on any atom is 0.409 e. The summed E-state index contributed by atoms with van der Waals surface area (Å²) >= 11 is 6.68. The number of benzene rings is 1. The van der Waals surface area contributed by atoms with Gasteiger partial charge in [-0.1, -0.05) is 53.8 Å². The number of rotatable bonds is 6. The Morgan fingerprint density at radius 3 is 2.42 bits per heavy atom. The molecule has 3 rings (SSSR count). The van der Waals surface area contributed by atoms with E-state index in [1.807, 2.05) is 37.3 Å². The van der Waals surface area contributed by atoms with E-state index in [0.29, 0.717) is 61.4 Å². The van der Waals surface area contributed by atoms with Crippen molar-refractivity contribution in [3.63, 3.8) is 0 Å². The standard InChI is InChI=1S/C22H27N3O4S2/c1-3-29-21(28)24-13-11-23(12-14-24)19(26)5-4-10-25-20(27)18(31-22(25)30)15-17-8-6-16(2)7-9-17/h6-9,15H,3-5,10-14H2,1-2H3/b18-15+. The minimum Gasteiger partial charge on any atom is -0.450 e. The summed E-state index contributed by atoms with van der Waals surface area (Å²) in [7, 11) is 0. The number of thioether (sulfide) groups is 1. The number of carbonyl (C=O) groups excluding carboxylic acids is 3. The normalized spacial score (nSPS) is 18.1. The monoisotopic (exact) mass is 461 g/mol. The Bertz CT molecular complexity index is 877. The van der Waals surface area contributed by atoms with Crippen LogP contribution in [0.4, 0.5) is 4.79 Å². The highest BCUT2D eigenvalue weighted by atomic mass is 32.2. The molecule has 0 atom stereocenters. The lowest BCUT2D eigenvalue weighted by atomic mass is 10.1. The first-order valence-electron chi connectivity index (χ1n) is 10.4. The molecule has 2 aliphatic rings. The van der Waals surface area contributed by atoms with E-state index < -0.39 is 0 Å². The van der Waals surface area contributed by atoms with Crippen molar-refractivity contribution in [2.75, 3.05) is 39.3 Å². The smallest absolute Gasteiger partial charge is 0.409 e. The molecule has 2 heterocycles. The Kier molecular flexibility index (Phi) is 8.09. The number of piperazine rings is 1. The van der Waals surface area contributed by atoms with Gasteiger partial charge in [-0.2, -0.15) is 0 Å². The Labute approximate surface area is 192 Å². The number of thiocarbonyl (C=S) groups is 1. The summed E-state index contributed by atoms with van der Waals surface area (Å²) < 4.78 is 5.52. The number of hydrogen-bond donors (Lipinski definition) is 0. The van der Waals surface area contributed by atoms with E-state index in [1.165, 1.54) is 11.8 Å². The van der Waals surface area contributed by atoms with Crippen LogP contribution in [-0.2, 0) is 14.3 Å². The molecule has 0 radical (unpaired) electrons. The van der Waals surface area contributed by atoms with E-state index in [2.05, 4.69) is 0 Å². The van der Waals surface area contributed by atoms with Crippen LogP contribution in [0.5, 0.6) is 0 Å². The first-order chi connectivity index (χ1) is 14.9. The summed E-state index contributed by atoms with van der Waals surface area (Å²) in [6.45, 7) is 6.50. The second-order valence-electron chi connectivity index (χ2n) is 7.41.